The minimum Gasteiger partial charge on any atom is -0.341 e. The van der Waals surface area contributed by atoms with Crippen LogP contribution in [0.15, 0.2) is 18.2 Å². The second-order valence-electron chi connectivity index (χ2n) is 7.58. The topological polar surface area (TPSA) is 66.4 Å². The standard InChI is InChI=1S/C22H30N4O2/c1-5-17(6-2)21(27)25-10-7-11-26(13-12-25)22(28)18-8-9-19-20(14-18)24-16(4)15(3)23-19/h8-9,14,17H,5-7,10-13H2,1-4H3. The van der Waals surface area contributed by atoms with Crippen LogP contribution < -0.4 is 0 Å². The number of hydrogen-bond donors (Lipinski definition) is 0. The number of nitrogens with zero attached hydrogens (tertiary/aromatic N) is 4. The summed E-state index contributed by atoms with van der Waals surface area (Å²) in [6.45, 7) is 10.6. The fourth-order valence-electron chi connectivity index (χ4n) is 3.78. The molecule has 2 amide bonds. The number of fused-ring (bicyclic) bond motifs is 1. The summed E-state index contributed by atoms with van der Waals surface area (Å²) in [4.78, 5) is 38.6. The molecule has 1 aromatic carbocycles. The molecule has 3 rings (SSSR count). The third-order valence-electron chi connectivity index (χ3n) is 5.75. The van der Waals surface area contributed by atoms with Gasteiger partial charge in [0.25, 0.3) is 5.91 Å². The van der Waals surface area contributed by atoms with Gasteiger partial charge in [0.2, 0.25) is 5.91 Å². The van der Waals surface area contributed by atoms with Gasteiger partial charge in [0.15, 0.2) is 0 Å². The number of rotatable bonds is 4. The molecule has 0 atom stereocenters. The number of benzene rings is 1. The van der Waals surface area contributed by atoms with Gasteiger partial charge in [0.1, 0.15) is 0 Å². The molecule has 2 heterocycles. The van der Waals surface area contributed by atoms with Gasteiger partial charge in [-0.2, -0.15) is 0 Å². The first-order chi connectivity index (χ1) is 13.4. The molecule has 6 nitrogen and oxygen atoms in total. The molecule has 0 bridgehead atoms. The highest BCUT2D eigenvalue weighted by Gasteiger charge is 2.26. The van der Waals surface area contributed by atoms with Gasteiger partial charge in [0, 0.05) is 37.7 Å². The summed E-state index contributed by atoms with van der Waals surface area (Å²) in [5.74, 6) is 0.317. The van der Waals surface area contributed by atoms with Gasteiger partial charge in [-0.1, -0.05) is 13.8 Å². The second kappa shape index (κ2) is 8.67. The maximum Gasteiger partial charge on any atom is 0.253 e. The maximum atomic E-state index is 13.0. The number of hydrogen-bond acceptors (Lipinski definition) is 4. The monoisotopic (exact) mass is 382 g/mol. The van der Waals surface area contributed by atoms with E-state index in [9.17, 15) is 9.59 Å². The quantitative estimate of drug-likeness (QED) is 0.813. The predicted molar refractivity (Wildman–Crippen MR) is 110 cm³/mol. The van der Waals surface area contributed by atoms with Gasteiger partial charge in [-0.3, -0.25) is 9.59 Å². The molecule has 2 aromatic rings. The highest BCUT2D eigenvalue weighted by molar-refractivity contribution is 5.97. The molecule has 0 aliphatic carbocycles. The fourth-order valence-corrected chi connectivity index (χ4v) is 3.78. The van der Waals surface area contributed by atoms with E-state index in [2.05, 4.69) is 23.8 Å². The van der Waals surface area contributed by atoms with Crippen LogP contribution in [0.1, 0.15) is 54.9 Å². The predicted octanol–water partition coefficient (Wildman–Crippen LogP) is 3.36. The van der Waals surface area contributed by atoms with Crippen molar-refractivity contribution in [2.75, 3.05) is 26.2 Å². The number of carbonyl (C=O) groups excluding carboxylic acids is 2. The van der Waals surface area contributed by atoms with Crippen LogP contribution in [0.5, 0.6) is 0 Å². The minimum absolute atomic E-state index is 0.00115. The van der Waals surface area contributed by atoms with E-state index in [4.69, 9.17) is 0 Å². The zero-order valence-corrected chi connectivity index (χ0v) is 17.4. The summed E-state index contributed by atoms with van der Waals surface area (Å²) < 4.78 is 0. The summed E-state index contributed by atoms with van der Waals surface area (Å²) in [5, 5.41) is 0. The lowest BCUT2D eigenvalue weighted by Gasteiger charge is -2.25. The van der Waals surface area contributed by atoms with Gasteiger partial charge in [0.05, 0.1) is 22.4 Å². The molecule has 0 radical (unpaired) electrons. The van der Waals surface area contributed by atoms with E-state index in [1.54, 1.807) is 0 Å². The number of aromatic nitrogens is 2. The Kier molecular flexibility index (Phi) is 6.27. The van der Waals surface area contributed by atoms with Crippen LogP contribution in [0.25, 0.3) is 11.0 Å². The zero-order chi connectivity index (χ0) is 20.3. The van der Waals surface area contributed by atoms with Crippen molar-refractivity contribution in [3.63, 3.8) is 0 Å². The second-order valence-corrected chi connectivity index (χ2v) is 7.58. The van der Waals surface area contributed by atoms with Crippen LogP contribution in [0.2, 0.25) is 0 Å². The molecule has 0 N–H and O–H groups in total. The third kappa shape index (κ3) is 4.16. The summed E-state index contributed by atoms with van der Waals surface area (Å²) in [6.07, 6.45) is 2.54. The van der Waals surface area contributed by atoms with Gasteiger partial charge in [-0.25, -0.2) is 9.97 Å². The van der Waals surface area contributed by atoms with Crippen LogP contribution in [0.4, 0.5) is 0 Å². The van der Waals surface area contributed by atoms with E-state index in [1.807, 2.05) is 41.8 Å². The molecule has 1 aromatic heterocycles. The van der Waals surface area contributed by atoms with Crippen molar-refractivity contribution in [1.82, 2.24) is 19.8 Å². The Balaban J connectivity index is 1.73. The van der Waals surface area contributed by atoms with E-state index in [0.717, 1.165) is 48.2 Å². The Hall–Kier alpha value is -2.50. The molecule has 0 saturated carbocycles. The molecule has 1 aliphatic heterocycles. The molecule has 1 saturated heterocycles. The van der Waals surface area contributed by atoms with Crippen molar-refractivity contribution < 1.29 is 9.59 Å². The van der Waals surface area contributed by atoms with Crippen LogP contribution in [-0.4, -0.2) is 57.8 Å². The Bertz CT molecular complexity index is 876. The van der Waals surface area contributed by atoms with Crippen molar-refractivity contribution >= 4 is 22.8 Å². The maximum absolute atomic E-state index is 13.0. The van der Waals surface area contributed by atoms with Crippen LogP contribution >= 0.6 is 0 Å². The molecule has 1 fully saturated rings. The van der Waals surface area contributed by atoms with Gasteiger partial charge >= 0.3 is 0 Å². The first-order valence-corrected chi connectivity index (χ1v) is 10.3. The SMILES string of the molecule is CCC(CC)C(=O)N1CCCN(C(=O)c2ccc3nc(C)c(C)nc3c2)CC1. The third-order valence-corrected chi connectivity index (χ3v) is 5.75. The van der Waals surface area contributed by atoms with Crippen molar-refractivity contribution in [1.29, 1.82) is 0 Å². The van der Waals surface area contributed by atoms with Crippen LogP contribution in [0, 0.1) is 19.8 Å². The minimum atomic E-state index is -0.00115. The average molecular weight is 383 g/mol. The zero-order valence-electron chi connectivity index (χ0n) is 17.4. The molecule has 1 aliphatic rings. The van der Waals surface area contributed by atoms with Gasteiger partial charge in [-0.15, -0.1) is 0 Å². The summed E-state index contributed by atoms with van der Waals surface area (Å²) in [7, 11) is 0. The lowest BCUT2D eigenvalue weighted by Crippen LogP contribution is -2.39. The number of amides is 2. The smallest absolute Gasteiger partial charge is 0.253 e. The number of carbonyl (C=O) groups is 2. The largest absolute Gasteiger partial charge is 0.341 e. The summed E-state index contributed by atoms with van der Waals surface area (Å²) >= 11 is 0. The molecule has 0 spiro atoms. The van der Waals surface area contributed by atoms with E-state index in [-0.39, 0.29) is 17.7 Å². The fraction of sp³-hybridized carbons (Fsp3) is 0.545. The number of aryl methyl sites for hydroxylation is 2. The summed E-state index contributed by atoms with van der Waals surface area (Å²) in [5.41, 5.74) is 3.96. The Labute approximate surface area is 166 Å². The molecular formula is C22H30N4O2. The average Bonchev–Trinajstić information content (AvgIpc) is 2.95. The molecule has 28 heavy (non-hydrogen) atoms. The Morgan fingerprint density at radius 2 is 1.54 bits per heavy atom. The molecule has 6 heteroatoms. The van der Waals surface area contributed by atoms with Gasteiger partial charge in [-0.05, 0) is 51.3 Å². The van der Waals surface area contributed by atoms with Crippen LogP contribution in [-0.2, 0) is 4.79 Å². The van der Waals surface area contributed by atoms with Gasteiger partial charge < -0.3 is 9.80 Å². The lowest BCUT2D eigenvalue weighted by atomic mass is 10.0. The molecule has 0 unspecified atom stereocenters. The first-order valence-electron chi connectivity index (χ1n) is 10.3. The lowest BCUT2D eigenvalue weighted by molar-refractivity contribution is -0.135. The highest BCUT2D eigenvalue weighted by atomic mass is 16.2. The highest BCUT2D eigenvalue weighted by Crippen LogP contribution is 2.18. The van der Waals surface area contributed by atoms with Crippen molar-refractivity contribution in [3.8, 4) is 0 Å². The van der Waals surface area contributed by atoms with E-state index in [0.29, 0.717) is 25.2 Å². The Morgan fingerprint density at radius 3 is 2.21 bits per heavy atom. The first kappa shape index (κ1) is 20.2. The van der Waals surface area contributed by atoms with Crippen molar-refractivity contribution in [2.24, 2.45) is 5.92 Å². The molecular weight excluding hydrogens is 352 g/mol. The normalized spacial score (nSPS) is 15.2. The van der Waals surface area contributed by atoms with Crippen molar-refractivity contribution in [2.45, 2.75) is 47.0 Å². The van der Waals surface area contributed by atoms with E-state index >= 15 is 0 Å². The van der Waals surface area contributed by atoms with E-state index in [1.165, 1.54) is 0 Å². The molecule has 150 valence electrons. The van der Waals surface area contributed by atoms with E-state index < -0.39 is 0 Å². The van der Waals surface area contributed by atoms with Crippen LogP contribution in [0.3, 0.4) is 0 Å². The van der Waals surface area contributed by atoms with Crippen molar-refractivity contribution in [3.05, 3.63) is 35.2 Å². The Morgan fingerprint density at radius 1 is 0.929 bits per heavy atom. The summed E-state index contributed by atoms with van der Waals surface area (Å²) in [6, 6.07) is 5.52.